The Morgan fingerprint density at radius 2 is 2.24 bits per heavy atom. The van der Waals surface area contributed by atoms with Crippen LogP contribution in [0, 0.1) is 0 Å². The Morgan fingerprint density at radius 3 is 2.81 bits per heavy atom. The van der Waals surface area contributed by atoms with Crippen LogP contribution in [0.15, 0.2) is 29.2 Å². The second kappa shape index (κ2) is 6.04. The molecule has 1 aliphatic rings. The van der Waals surface area contributed by atoms with Crippen LogP contribution in [0.5, 0.6) is 0 Å². The van der Waals surface area contributed by atoms with Crippen molar-refractivity contribution in [2.75, 3.05) is 6.61 Å². The summed E-state index contributed by atoms with van der Waals surface area (Å²) in [6.45, 7) is 6.12. The first-order valence-electron chi connectivity index (χ1n) is 7.22. The van der Waals surface area contributed by atoms with Crippen molar-refractivity contribution in [1.82, 2.24) is 4.72 Å². The first-order chi connectivity index (χ1) is 9.78. The van der Waals surface area contributed by atoms with Gasteiger partial charge in [-0.15, -0.1) is 0 Å². The van der Waals surface area contributed by atoms with Crippen molar-refractivity contribution in [3.63, 3.8) is 0 Å². The molecule has 1 aromatic rings. The van der Waals surface area contributed by atoms with Crippen molar-refractivity contribution in [2.24, 2.45) is 0 Å². The van der Waals surface area contributed by atoms with Gasteiger partial charge in [-0.2, -0.15) is 0 Å². The van der Waals surface area contributed by atoms with E-state index >= 15 is 0 Å². The molecule has 1 heterocycles. The lowest BCUT2D eigenvalue weighted by Gasteiger charge is -2.28. The van der Waals surface area contributed by atoms with Crippen molar-refractivity contribution in [1.29, 1.82) is 0 Å². The summed E-state index contributed by atoms with van der Waals surface area (Å²) in [6.07, 6.45) is 0.366. The summed E-state index contributed by atoms with van der Waals surface area (Å²) < 4.78 is 33.3. The molecule has 1 aromatic carbocycles. The largest absolute Gasteiger partial charge is 0.388 e. The maximum absolute atomic E-state index is 12.6. The maximum atomic E-state index is 12.6. The molecule has 2 N–H and O–H groups in total. The Kier molecular flexibility index (Phi) is 4.72. The zero-order chi connectivity index (χ0) is 15.7. The van der Waals surface area contributed by atoms with Crippen molar-refractivity contribution < 1.29 is 18.3 Å². The lowest BCUT2D eigenvalue weighted by molar-refractivity contribution is 0.0957. The van der Waals surface area contributed by atoms with E-state index in [9.17, 15) is 13.5 Å². The third-order valence-electron chi connectivity index (χ3n) is 4.19. The van der Waals surface area contributed by atoms with Gasteiger partial charge in [0.2, 0.25) is 10.0 Å². The van der Waals surface area contributed by atoms with Gasteiger partial charge in [-0.05, 0) is 44.4 Å². The zero-order valence-corrected chi connectivity index (χ0v) is 13.5. The summed E-state index contributed by atoms with van der Waals surface area (Å²) in [6, 6.07) is 6.45. The molecule has 21 heavy (non-hydrogen) atoms. The van der Waals surface area contributed by atoms with Crippen LogP contribution in [0.2, 0.25) is 0 Å². The number of ether oxygens (including phenoxy) is 1. The van der Waals surface area contributed by atoms with Gasteiger partial charge in [-0.3, -0.25) is 0 Å². The smallest absolute Gasteiger partial charge is 0.241 e. The third-order valence-corrected chi connectivity index (χ3v) is 5.80. The molecule has 3 unspecified atom stereocenters. The van der Waals surface area contributed by atoms with Gasteiger partial charge in [0.25, 0.3) is 0 Å². The molecule has 1 saturated heterocycles. The molecule has 0 radical (unpaired) electrons. The highest BCUT2D eigenvalue weighted by Crippen LogP contribution is 2.28. The van der Waals surface area contributed by atoms with E-state index in [-0.39, 0.29) is 11.0 Å². The van der Waals surface area contributed by atoms with Gasteiger partial charge in [0.15, 0.2) is 0 Å². The number of nitrogens with one attached hydrogen (secondary N) is 1. The van der Waals surface area contributed by atoms with Gasteiger partial charge in [0.05, 0.1) is 22.6 Å². The first kappa shape index (κ1) is 16.4. The average molecular weight is 313 g/mol. The van der Waals surface area contributed by atoms with E-state index in [0.29, 0.717) is 25.0 Å². The number of benzene rings is 1. The van der Waals surface area contributed by atoms with Crippen LogP contribution in [0.3, 0.4) is 0 Å². The predicted molar refractivity (Wildman–Crippen MR) is 80.5 cm³/mol. The van der Waals surface area contributed by atoms with Crippen LogP contribution in [0.4, 0.5) is 0 Å². The van der Waals surface area contributed by atoms with Crippen LogP contribution in [0.1, 0.15) is 45.3 Å². The minimum atomic E-state index is -3.64. The van der Waals surface area contributed by atoms with Crippen LogP contribution in [0.25, 0.3) is 0 Å². The number of sulfonamides is 1. The van der Waals surface area contributed by atoms with Crippen LogP contribution in [-0.2, 0) is 14.8 Å². The number of aliphatic hydroxyl groups is 1. The molecule has 0 spiro atoms. The Balaban J connectivity index is 2.28. The van der Waals surface area contributed by atoms with Crippen LogP contribution in [-0.4, -0.2) is 31.8 Å². The van der Waals surface area contributed by atoms with Gasteiger partial charge in [0, 0.05) is 6.61 Å². The summed E-state index contributed by atoms with van der Waals surface area (Å²) in [5.74, 6) is 0. The molecular formula is C15H23NO4S. The monoisotopic (exact) mass is 313 g/mol. The molecule has 0 amide bonds. The Morgan fingerprint density at radius 1 is 1.52 bits per heavy atom. The number of hydrogen-bond donors (Lipinski definition) is 2. The molecular weight excluding hydrogens is 290 g/mol. The standard InChI is InChI=1S/C15H23NO4S/c1-4-14(17)12-6-5-7-13(10-12)21(18,19)16-15(3)8-9-20-11(15)2/h5-7,10-11,14,16-17H,4,8-9H2,1-3H3. The fourth-order valence-corrected chi connectivity index (χ4v) is 4.01. The Bertz CT molecular complexity index is 601. The van der Waals surface area contributed by atoms with Crippen LogP contribution < -0.4 is 4.72 Å². The lowest BCUT2D eigenvalue weighted by Crippen LogP contribution is -2.50. The van der Waals surface area contributed by atoms with E-state index < -0.39 is 21.7 Å². The number of aliphatic hydroxyl groups excluding tert-OH is 1. The van der Waals surface area contributed by atoms with Crippen LogP contribution >= 0.6 is 0 Å². The first-order valence-corrected chi connectivity index (χ1v) is 8.70. The van der Waals surface area contributed by atoms with Crippen molar-refractivity contribution in [3.05, 3.63) is 29.8 Å². The highest BCUT2D eigenvalue weighted by molar-refractivity contribution is 7.89. The predicted octanol–water partition coefficient (Wildman–Crippen LogP) is 1.98. The highest BCUT2D eigenvalue weighted by Gasteiger charge is 2.40. The summed E-state index contributed by atoms with van der Waals surface area (Å²) in [4.78, 5) is 0.174. The topological polar surface area (TPSA) is 75.6 Å². The third kappa shape index (κ3) is 3.45. The fraction of sp³-hybridized carbons (Fsp3) is 0.600. The van der Waals surface area contributed by atoms with Gasteiger partial charge in [-0.25, -0.2) is 13.1 Å². The van der Waals surface area contributed by atoms with Gasteiger partial charge in [0.1, 0.15) is 0 Å². The maximum Gasteiger partial charge on any atom is 0.241 e. The van der Waals surface area contributed by atoms with Crippen molar-refractivity contribution >= 4 is 10.0 Å². The summed E-state index contributed by atoms with van der Waals surface area (Å²) in [5, 5.41) is 9.86. The van der Waals surface area contributed by atoms with E-state index in [1.807, 2.05) is 20.8 Å². The Hall–Kier alpha value is -0.950. The average Bonchev–Trinajstić information content (AvgIpc) is 2.76. The molecule has 1 fully saturated rings. The normalized spacial score (nSPS) is 27.7. The molecule has 6 heteroatoms. The minimum Gasteiger partial charge on any atom is -0.388 e. The lowest BCUT2D eigenvalue weighted by atomic mass is 9.97. The van der Waals surface area contributed by atoms with Crippen molar-refractivity contribution in [2.45, 2.75) is 56.3 Å². The van der Waals surface area contributed by atoms with E-state index in [0.717, 1.165) is 0 Å². The molecule has 0 saturated carbocycles. The minimum absolute atomic E-state index is 0.170. The summed E-state index contributed by atoms with van der Waals surface area (Å²) >= 11 is 0. The molecule has 118 valence electrons. The molecule has 3 atom stereocenters. The fourth-order valence-electron chi connectivity index (χ4n) is 2.46. The van der Waals surface area contributed by atoms with Crippen molar-refractivity contribution in [3.8, 4) is 0 Å². The quantitative estimate of drug-likeness (QED) is 0.871. The molecule has 0 aliphatic carbocycles. The highest BCUT2D eigenvalue weighted by atomic mass is 32.2. The second-order valence-corrected chi connectivity index (χ2v) is 7.46. The number of hydrogen-bond acceptors (Lipinski definition) is 4. The molecule has 5 nitrogen and oxygen atoms in total. The van der Waals surface area contributed by atoms with E-state index in [2.05, 4.69) is 4.72 Å². The Labute approximate surface area is 126 Å². The summed E-state index contributed by atoms with van der Waals surface area (Å²) in [7, 11) is -3.64. The SMILES string of the molecule is CCC(O)c1cccc(S(=O)(=O)NC2(C)CCOC2C)c1. The second-order valence-electron chi connectivity index (χ2n) is 5.78. The molecule has 0 aromatic heterocycles. The summed E-state index contributed by atoms with van der Waals surface area (Å²) in [5.41, 5.74) is 0.0133. The zero-order valence-electron chi connectivity index (χ0n) is 12.7. The van der Waals surface area contributed by atoms with E-state index in [4.69, 9.17) is 4.74 Å². The number of rotatable bonds is 5. The van der Waals surface area contributed by atoms with E-state index in [1.54, 1.807) is 12.1 Å². The van der Waals surface area contributed by atoms with Gasteiger partial charge < -0.3 is 9.84 Å². The van der Waals surface area contributed by atoms with Gasteiger partial charge in [-0.1, -0.05) is 19.1 Å². The molecule has 0 bridgehead atoms. The van der Waals surface area contributed by atoms with E-state index in [1.165, 1.54) is 12.1 Å². The van der Waals surface area contributed by atoms with Gasteiger partial charge >= 0.3 is 0 Å². The molecule has 2 rings (SSSR count). The molecule has 1 aliphatic heterocycles.